The van der Waals surface area contributed by atoms with Crippen LogP contribution in [0.15, 0.2) is 90.2 Å². The van der Waals surface area contributed by atoms with E-state index in [2.05, 4.69) is 37.0 Å². The molecule has 0 aliphatic rings. The van der Waals surface area contributed by atoms with E-state index in [1.165, 1.54) is 0 Å². The van der Waals surface area contributed by atoms with Gasteiger partial charge in [0.2, 0.25) is 0 Å². The number of hydrogen-bond acceptors (Lipinski definition) is 5. The van der Waals surface area contributed by atoms with Crippen LogP contribution in [0, 0.1) is 0 Å². The largest absolute Gasteiger partial charge is 0.290 e. The molecule has 0 spiro atoms. The third-order valence-electron chi connectivity index (χ3n) is 4.61. The van der Waals surface area contributed by atoms with Gasteiger partial charge in [0.05, 0.1) is 29.1 Å². The highest BCUT2D eigenvalue weighted by Gasteiger charge is 2.08. The normalized spacial score (nSPS) is 11.5. The highest BCUT2D eigenvalue weighted by atomic mass is 15.1. The molecule has 144 valence electrons. The van der Waals surface area contributed by atoms with Crippen molar-refractivity contribution < 1.29 is 0 Å². The summed E-state index contributed by atoms with van der Waals surface area (Å²) in [4.78, 5) is 20.5. The lowest BCUT2D eigenvalue weighted by molar-refractivity contribution is 0.258. The molecule has 0 fully saturated rings. The molecule has 0 N–H and O–H groups in total. The summed E-state index contributed by atoms with van der Waals surface area (Å²) in [5.74, 6) is 0. The van der Waals surface area contributed by atoms with Gasteiger partial charge in [-0.3, -0.25) is 19.9 Å². The monoisotopic (exact) mass is 381 g/mol. The first-order chi connectivity index (χ1) is 14.4. The Labute approximate surface area is 170 Å². The van der Waals surface area contributed by atoms with Crippen molar-refractivity contribution in [2.24, 2.45) is 4.99 Å². The van der Waals surface area contributed by atoms with E-state index in [1.54, 1.807) is 0 Å². The van der Waals surface area contributed by atoms with Crippen LogP contribution >= 0.6 is 0 Å². The van der Waals surface area contributed by atoms with Crippen LogP contribution in [0.5, 0.6) is 0 Å². The lowest BCUT2D eigenvalue weighted by Gasteiger charge is -2.20. The number of nitrogens with zero attached hydrogens (tertiary/aromatic N) is 5. The number of hydrogen-bond donors (Lipinski definition) is 0. The quantitative estimate of drug-likeness (QED) is 0.430. The first-order valence-corrected chi connectivity index (χ1v) is 9.75. The minimum Gasteiger partial charge on any atom is -0.290 e. The zero-order valence-electron chi connectivity index (χ0n) is 16.2. The van der Waals surface area contributed by atoms with Gasteiger partial charge in [0, 0.05) is 43.6 Å². The van der Waals surface area contributed by atoms with Crippen LogP contribution in [-0.2, 0) is 13.1 Å². The Morgan fingerprint density at radius 2 is 1.45 bits per heavy atom. The molecule has 5 nitrogen and oxygen atoms in total. The summed E-state index contributed by atoms with van der Waals surface area (Å²) in [5.41, 5.74) is 3.96. The van der Waals surface area contributed by atoms with Crippen LogP contribution in [-0.4, -0.2) is 39.2 Å². The second-order valence-corrected chi connectivity index (χ2v) is 6.82. The van der Waals surface area contributed by atoms with E-state index in [-0.39, 0.29) is 0 Å². The summed E-state index contributed by atoms with van der Waals surface area (Å²) in [6.07, 6.45) is 5.52. The fourth-order valence-corrected chi connectivity index (χ4v) is 3.17. The second-order valence-electron chi connectivity index (χ2n) is 6.82. The lowest BCUT2D eigenvalue weighted by Crippen LogP contribution is -2.26. The van der Waals surface area contributed by atoms with Crippen molar-refractivity contribution >= 4 is 17.1 Å². The molecule has 3 heterocycles. The smallest absolute Gasteiger partial charge is 0.0815 e. The van der Waals surface area contributed by atoms with Crippen LogP contribution in [0.3, 0.4) is 0 Å². The van der Waals surface area contributed by atoms with Crippen molar-refractivity contribution in [3.05, 3.63) is 102 Å². The fraction of sp³-hybridized carbons (Fsp3) is 0.167. The number of aliphatic imine (C=N–C) groups is 1. The number of para-hydroxylation sites is 1. The van der Waals surface area contributed by atoms with Crippen LogP contribution in [0.1, 0.15) is 17.1 Å². The highest BCUT2D eigenvalue weighted by Crippen LogP contribution is 2.11. The number of aromatic nitrogens is 3. The molecule has 0 aliphatic heterocycles. The first kappa shape index (κ1) is 18.9. The number of rotatable bonds is 8. The fourth-order valence-electron chi connectivity index (χ4n) is 3.17. The minimum atomic E-state index is 0.689. The molecule has 5 heteroatoms. The summed E-state index contributed by atoms with van der Waals surface area (Å²) >= 11 is 0. The van der Waals surface area contributed by atoms with Gasteiger partial charge in [0.15, 0.2) is 0 Å². The second kappa shape index (κ2) is 9.66. The van der Waals surface area contributed by atoms with Crippen LogP contribution < -0.4 is 0 Å². The van der Waals surface area contributed by atoms with Crippen molar-refractivity contribution in [2.75, 3.05) is 13.1 Å². The molecule has 0 unspecified atom stereocenters. The van der Waals surface area contributed by atoms with Gasteiger partial charge in [0.1, 0.15) is 0 Å². The molecule has 0 radical (unpaired) electrons. The number of benzene rings is 1. The average molecular weight is 381 g/mol. The third kappa shape index (κ3) is 5.53. The molecule has 0 amide bonds. The number of fused-ring (bicyclic) bond motifs is 1. The molecular formula is C24H23N5. The van der Waals surface area contributed by atoms with Gasteiger partial charge in [-0.05, 0) is 36.4 Å². The van der Waals surface area contributed by atoms with Gasteiger partial charge >= 0.3 is 0 Å². The van der Waals surface area contributed by atoms with E-state index in [4.69, 9.17) is 0 Å². The lowest BCUT2D eigenvalue weighted by atomic mass is 10.2. The predicted molar refractivity (Wildman–Crippen MR) is 117 cm³/mol. The van der Waals surface area contributed by atoms with E-state index in [0.29, 0.717) is 6.54 Å². The summed E-state index contributed by atoms with van der Waals surface area (Å²) < 4.78 is 0. The van der Waals surface area contributed by atoms with Gasteiger partial charge in [-0.2, -0.15) is 0 Å². The molecule has 0 aliphatic carbocycles. The maximum Gasteiger partial charge on any atom is 0.0815 e. The Balaban J connectivity index is 1.40. The van der Waals surface area contributed by atoms with E-state index >= 15 is 0 Å². The van der Waals surface area contributed by atoms with Crippen molar-refractivity contribution in [3.8, 4) is 0 Å². The van der Waals surface area contributed by atoms with Crippen molar-refractivity contribution in [1.29, 1.82) is 0 Å². The van der Waals surface area contributed by atoms with Gasteiger partial charge < -0.3 is 0 Å². The molecule has 0 saturated carbocycles. The molecule has 1 aromatic carbocycles. The molecule has 29 heavy (non-hydrogen) atoms. The summed E-state index contributed by atoms with van der Waals surface area (Å²) in [6.45, 7) is 3.04. The Kier molecular flexibility index (Phi) is 6.30. The Bertz CT molecular complexity index is 1020. The maximum absolute atomic E-state index is 4.64. The molecule has 3 aromatic heterocycles. The molecular weight excluding hydrogens is 358 g/mol. The van der Waals surface area contributed by atoms with Crippen molar-refractivity contribution in [1.82, 2.24) is 19.9 Å². The standard InChI is InChI=1S/C24H23N5/c1-2-10-24-20(7-1)11-12-21(28-24)17-25-15-16-29(18-22-8-3-5-13-26-22)19-23-9-4-6-14-27-23/h1-14,17H,15-16,18-19H2. The van der Waals surface area contributed by atoms with Crippen molar-refractivity contribution in [2.45, 2.75) is 13.1 Å². The molecule has 0 atom stereocenters. The van der Waals surface area contributed by atoms with Crippen LogP contribution in [0.4, 0.5) is 0 Å². The van der Waals surface area contributed by atoms with Gasteiger partial charge in [0.25, 0.3) is 0 Å². The zero-order valence-corrected chi connectivity index (χ0v) is 16.2. The van der Waals surface area contributed by atoms with E-state index < -0.39 is 0 Å². The van der Waals surface area contributed by atoms with Gasteiger partial charge in [-0.15, -0.1) is 0 Å². The van der Waals surface area contributed by atoms with Crippen molar-refractivity contribution in [3.63, 3.8) is 0 Å². The van der Waals surface area contributed by atoms with Gasteiger partial charge in [-0.25, -0.2) is 4.98 Å². The average Bonchev–Trinajstić information content (AvgIpc) is 2.78. The van der Waals surface area contributed by atoms with Crippen LogP contribution in [0.2, 0.25) is 0 Å². The molecule has 0 bridgehead atoms. The summed E-state index contributed by atoms with van der Waals surface area (Å²) in [6, 6.07) is 24.2. The molecule has 0 saturated heterocycles. The molecule has 4 rings (SSSR count). The van der Waals surface area contributed by atoms with E-state index in [0.717, 1.165) is 47.6 Å². The SMILES string of the molecule is C(=NCCN(Cc1ccccn1)Cc1ccccn1)c1ccc2ccccc2n1. The summed E-state index contributed by atoms with van der Waals surface area (Å²) in [5, 5.41) is 1.14. The Morgan fingerprint density at radius 3 is 2.14 bits per heavy atom. The maximum atomic E-state index is 4.64. The topological polar surface area (TPSA) is 54.3 Å². The minimum absolute atomic E-state index is 0.689. The third-order valence-corrected chi connectivity index (χ3v) is 4.61. The first-order valence-electron chi connectivity index (χ1n) is 9.75. The van der Waals surface area contributed by atoms with Crippen LogP contribution in [0.25, 0.3) is 10.9 Å². The Morgan fingerprint density at radius 1 is 0.759 bits per heavy atom. The zero-order chi connectivity index (χ0) is 19.7. The molecule has 4 aromatic rings. The predicted octanol–water partition coefficient (Wildman–Crippen LogP) is 4.15. The van der Waals surface area contributed by atoms with Gasteiger partial charge in [-0.1, -0.05) is 36.4 Å². The van der Waals surface area contributed by atoms with E-state index in [9.17, 15) is 0 Å². The summed E-state index contributed by atoms with van der Waals surface area (Å²) in [7, 11) is 0. The Hall–Kier alpha value is -3.44. The van der Waals surface area contributed by atoms with E-state index in [1.807, 2.05) is 79.3 Å². The number of pyridine rings is 3. The highest BCUT2D eigenvalue weighted by molar-refractivity contribution is 5.84.